The van der Waals surface area contributed by atoms with Gasteiger partial charge in [0.05, 0.1) is 0 Å². The molecular weight excluding hydrogens is 390 g/mol. The van der Waals surface area contributed by atoms with Gasteiger partial charge in [0.25, 0.3) is 0 Å². The highest BCUT2D eigenvalue weighted by Gasteiger charge is 2.11. The number of aromatic nitrogens is 4. The van der Waals surface area contributed by atoms with Gasteiger partial charge in [-0.15, -0.1) is 0 Å². The Bertz CT molecular complexity index is 1070. The predicted octanol–water partition coefficient (Wildman–Crippen LogP) is 3.68. The number of rotatable bonds is 8. The minimum Gasteiger partial charge on any atom is -0.486 e. The van der Waals surface area contributed by atoms with E-state index in [0.717, 1.165) is 11.4 Å². The summed E-state index contributed by atoms with van der Waals surface area (Å²) < 4.78 is 12.8. The van der Waals surface area contributed by atoms with Crippen LogP contribution in [-0.2, 0) is 24.9 Å². The number of aryl methyl sites for hydroxylation is 2. The van der Waals surface area contributed by atoms with Crippen molar-refractivity contribution in [2.75, 3.05) is 5.32 Å². The lowest BCUT2D eigenvalue weighted by molar-refractivity contribution is -0.116. The Balaban J connectivity index is 1.25. The molecule has 0 fully saturated rings. The monoisotopic (exact) mass is 409 g/mol. The maximum Gasteiger partial charge on any atom is 0.227 e. The molecule has 4 aromatic rings. The minimum absolute atomic E-state index is 0.123. The molecule has 0 atom stereocenters. The maximum absolute atomic E-state index is 12.2. The Labute approximate surface area is 171 Å². The Hall–Kier alpha value is -3.46. The van der Waals surface area contributed by atoms with Crippen LogP contribution in [0.15, 0.2) is 58.0 Å². The van der Waals surface area contributed by atoms with Gasteiger partial charge in [0, 0.05) is 48.9 Å². The fourth-order valence-corrected chi connectivity index (χ4v) is 3.26. The van der Waals surface area contributed by atoms with Crippen molar-refractivity contribution in [3.8, 4) is 17.1 Å². The van der Waals surface area contributed by atoms with Crippen molar-refractivity contribution < 1.29 is 14.1 Å². The van der Waals surface area contributed by atoms with E-state index in [9.17, 15) is 4.79 Å². The van der Waals surface area contributed by atoms with Crippen molar-refractivity contribution in [1.82, 2.24) is 19.7 Å². The summed E-state index contributed by atoms with van der Waals surface area (Å²) in [6.45, 7) is 0.382. The maximum atomic E-state index is 12.2. The van der Waals surface area contributed by atoms with Crippen molar-refractivity contribution >= 4 is 22.9 Å². The number of anilines is 1. The lowest BCUT2D eigenvalue weighted by Crippen LogP contribution is -2.12. The molecule has 8 nitrogen and oxygen atoms in total. The number of ether oxygens (including phenoxy) is 1. The second kappa shape index (κ2) is 8.70. The van der Waals surface area contributed by atoms with Gasteiger partial charge in [0.15, 0.2) is 0 Å². The lowest BCUT2D eigenvalue weighted by Gasteiger charge is -2.08. The van der Waals surface area contributed by atoms with Gasteiger partial charge < -0.3 is 19.1 Å². The minimum atomic E-state index is -0.123. The van der Waals surface area contributed by atoms with E-state index in [1.807, 2.05) is 46.8 Å². The van der Waals surface area contributed by atoms with Gasteiger partial charge in [-0.25, -0.2) is 4.98 Å². The smallest absolute Gasteiger partial charge is 0.227 e. The fraction of sp³-hybridized carbons (Fsp3) is 0.200. The zero-order valence-electron chi connectivity index (χ0n) is 15.7. The number of hydrogen-bond donors (Lipinski definition) is 1. The summed E-state index contributed by atoms with van der Waals surface area (Å²) in [7, 11) is 1.92. The van der Waals surface area contributed by atoms with E-state index in [4.69, 9.17) is 9.26 Å². The molecule has 1 aromatic carbocycles. The number of imidazole rings is 1. The average molecular weight is 409 g/mol. The fourth-order valence-electron chi connectivity index (χ4n) is 2.63. The Kier molecular flexibility index (Phi) is 5.66. The van der Waals surface area contributed by atoms with Crippen LogP contribution in [0.1, 0.15) is 18.1 Å². The average Bonchev–Trinajstić information content (AvgIpc) is 3.48. The van der Waals surface area contributed by atoms with Crippen LogP contribution in [0.2, 0.25) is 0 Å². The summed E-state index contributed by atoms with van der Waals surface area (Å²) in [5.74, 6) is 2.41. The molecule has 0 saturated heterocycles. The third-order valence-corrected chi connectivity index (χ3v) is 4.92. The normalized spacial score (nSPS) is 10.8. The van der Waals surface area contributed by atoms with Gasteiger partial charge in [0.1, 0.15) is 18.2 Å². The third-order valence-electron chi connectivity index (χ3n) is 4.24. The molecule has 0 radical (unpaired) electrons. The van der Waals surface area contributed by atoms with Crippen molar-refractivity contribution in [3.05, 3.63) is 65.2 Å². The molecule has 29 heavy (non-hydrogen) atoms. The van der Waals surface area contributed by atoms with E-state index in [0.29, 0.717) is 36.2 Å². The first-order chi connectivity index (χ1) is 14.2. The van der Waals surface area contributed by atoms with Crippen LogP contribution in [0.5, 0.6) is 5.75 Å². The third kappa shape index (κ3) is 4.88. The second-order valence-electron chi connectivity index (χ2n) is 6.34. The number of nitrogens with one attached hydrogen (secondary N) is 1. The van der Waals surface area contributed by atoms with E-state index < -0.39 is 0 Å². The van der Waals surface area contributed by atoms with Crippen LogP contribution < -0.4 is 10.1 Å². The van der Waals surface area contributed by atoms with Crippen LogP contribution in [0.3, 0.4) is 0 Å². The predicted molar refractivity (Wildman–Crippen MR) is 109 cm³/mol. The highest BCUT2D eigenvalue weighted by Crippen LogP contribution is 2.20. The molecule has 3 aromatic heterocycles. The van der Waals surface area contributed by atoms with Gasteiger partial charge >= 0.3 is 0 Å². The van der Waals surface area contributed by atoms with Crippen LogP contribution in [-0.4, -0.2) is 25.6 Å². The van der Waals surface area contributed by atoms with Gasteiger partial charge in [-0.1, -0.05) is 5.16 Å². The van der Waals surface area contributed by atoms with Crippen molar-refractivity contribution in [2.24, 2.45) is 7.05 Å². The summed E-state index contributed by atoms with van der Waals surface area (Å²) in [6, 6.07) is 9.14. The standard InChI is InChI=1S/C20H19N5O3S/c1-25-10-9-21-17(25)12-27-16-4-2-15(3-5-16)22-18(26)6-7-19-23-20(24-28-19)14-8-11-29-13-14/h2-5,8-11,13H,6-7,12H2,1H3,(H,22,26). The first-order valence-corrected chi connectivity index (χ1v) is 9.96. The molecule has 1 amide bonds. The molecule has 3 heterocycles. The van der Waals surface area contributed by atoms with E-state index in [1.54, 1.807) is 29.7 Å². The summed E-state index contributed by atoms with van der Waals surface area (Å²) in [5, 5.41) is 10.7. The van der Waals surface area contributed by atoms with E-state index in [2.05, 4.69) is 20.4 Å². The van der Waals surface area contributed by atoms with E-state index in [1.165, 1.54) is 0 Å². The number of thiophene rings is 1. The number of carbonyl (C=O) groups excluding carboxylic acids is 1. The molecular formula is C20H19N5O3S. The molecule has 0 saturated carbocycles. The zero-order chi connectivity index (χ0) is 20.1. The summed E-state index contributed by atoms with van der Waals surface area (Å²) in [5.41, 5.74) is 1.61. The number of amides is 1. The highest BCUT2D eigenvalue weighted by atomic mass is 32.1. The number of nitrogens with zero attached hydrogens (tertiary/aromatic N) is 4. The zero-order valence-corrected chi connectivity index (χ0v) is 16.6. The quantitative estimate of drug-likeness (QED) is 0.477. The molecule has 0 aliphatic heterocycles. The van der Waals surface area contributed by atoms with Crippen LogP contribution in [0.4, 0.5) is 5.69 Å². The first-order valence-electron chi connectivity index (χ1n) is 9.01. The molecule has 9 heteroatoms. The van der Waals surface area contributed by atoms with Crippen LogP contribution >= 0.6 is 11.3 Å². The SMILES string of the molecule is Cn1ccnc1COc1ccc(NC(=O)CCc2nc(-c3ccsc3)no2)cc1. The van der Waals surface area contributed by atoms with Crippen molar-refractivity contribution in [3.63, 3.8) is 0 Å². The molecule has 0 bridgehead atoms. The van der Waals surface area contributed by atoms with Crippen molar-refractivity contribution in [2.45, 2.75) is 19.4 Å². The number of hydrogen-bond acceptors (Lipinski definition) is 7. The molecule has 0 spiro atoms. The lowest BCUT2D eigenvalue weighted by atomic mass is 10.2. The molecule has 0 unspecified atom stereocenters. The van der Waals surface area contributed by atoms with Crippen LogP contribution in [0, 0.1) is 0 Å². The van der Waals surface area contributed by atoms with Gasteiger partial charge in [-0.3, -0.25) is 4.79 Å². The van der Waals surface area contributed by atoms with E-state index >= 15 is 0 Å². The van der Waals surface area contributed by atoms with Crippen molar-refractivity contribution in [1.29, 1.82) is 0 Å². The molecule has 148 valence electrons. The number of carbonyl (C=O) groups is 1. The van der Waals surface area contributed by atoms with E-state index in [-0.39, 0.29) is 12.3 Å². The molecule has 0 aliphatic carbocycles. The highest BCUT2D eigenvalue weighted by molar-refractivity contribution is 7.08. The first kappa shape index (κ1) is 18.9. The Morgan fingerprint density at radius 3 is 2.86 bits per heavy atom. The largest absolute Gasteiger partial charge is 0.486 e. The second-order valence-corrected chi connectivity index (χ2v) is 7.12. The van der Waals surface area contributed by atoms with Gasteiger partial charge in [-0.05, 0) is 35.7 Å². The molecule has 4 rings (SSSR count). The molecule has 0 aliphatic rings. The molecule has 1 N–H and O–H groups in total. The van der Waals surface area contributed by atoms with Gasteiger partial charge in [0.2, 0.25) is 17.6 Å². The Morgan fingerprint density at radius 1 is 1.28 bits per heavy atom. The van der Waals surface area contributed by atoms with Crippen LogP contribution in [0.25, 0.3) is 11.4 Å². The summed E-state index contributed by atoms with van der Waals surface area (Å²) in [4.78, 5) is 20.7. The Morgan fingerprint density at radius 2 is 2.14 bits per heavy atom. The topological polar surface area (TPSA) is 95.1 Å². The summed E-state index contributed by atoms with van der Waals surface area (Å²) in [6.07, 6.45) is 4.24. The number of benzene rings is 1. The summed E-state index contributed by atoms with van der Waals surface area (Å²) >= 11 is 1.57. The van der Waals surface area contributed by atoms with Gasteiger partial charge in [-0.2, -0.15) is 16.3 Å².